The summed E-state index contributed by atoms with van der Waals surface area (Å²) in [7, 11) is 0. The minimum absolute atomic E-state index is 0.258. The monoisotopic (exact) mass is 469 g/mol. The fraction of sp³-hybridized carbons (Fsp3) is 0.0870. The van der Waals surface area contributed by atoms with Gasteiger partial charge < -0.3 is 4.74 Å². The van der Waals surface area contributed by atoms with E-state index in [9.17, 15) is 9.65 Å². The second-order valence-electron chi connectivity index (χ2n) is 6.14. The molecule has 0 aliphatic carbocycles. The van der Waals surface area contributed by atoms with Crippen LogP contribution in [0.4, 0.5) is 4.39 Å². The van der Waals surface area contributed by atoms with E-state index in [0.29, 0.717) is 12.2 Å². The predicted octanol–water partition coefficient (Wildman–Crippen LogP) is 6.38. The van der Waals surface area contributed by atoms with Crippen LogP contribution in [0.15, 0.2) is 66.7 Å². The van der Waals surface area contributed by atoms with Crippen molar-refractivity contribution in [1.29, 1.82) is 5.26 Å². The molecule has 0 aliphatic heterocycles. The van der Waals surface area contributed by atoms with Crippen molar-refractivity contribution >= 4 is 34.2 Å². The lowest BCUT2D eigenvalue weighted by molar-refractivity contribution is 0.304. The molecule has 3 aromatic carbocycles. The Hall–Kier alpha value is -2.65. The number of halogens is 2. The smallest absolute Gasteiger partial charge is 0.133 e. The number of aryl methyl sites for hydroxylation is 1. The van der Waals surface area contributed by atoms with Crippen LogP contribution in [0, 0.1) is 27.6 Å². The normalized spacial score (nSPS) is 11.1. The quantitative estimate of drug-likeness (QED) is 0.247. The summed E-state index contributed by atoms with van der Waals surface area (Å²) in [6.07, 6.45) is 1.87. The van der Waals surface area contributed by atoms with Gasteiger partial charge in [0.1, 0.15) is 18.2 Å². The van der Waals surface area contributed by atoms with Gasteiger partial charge in [-0.15, -0.1) is 0 Å². The SMILES string of the molecule is Cc1ccc(/C(C#N)=C\c2ccc(OCc3ccc(F)cc3)c(I)c2)cc1. The molecule has 2 nitrogen and oxygen atoms in total. The number of benzene rings is 3. The van der Waals surface area contributed by atoms with Crippen molar-refractivity contribution in [3.05, 3.63) is 98.4 Å². The molecule has 0 amide bonds. The Morgan fingerprint density at radius 2 is 1.78 bits per heavy atom. The Morgan fingerprint density at radius 3 is 2.41 bits per heavy atom. The zero-order valence-electron chi connectivity index (χ0n) is 14.7. The van der Waals surface area contributed by atoms with E-state index in [1.165, 1.54) is 12.1 Å². The standard InChI is InChI=1S/C23H17FINO/c1-16-2-7-19(8-3-16)20(14-26)12-18-6-11-23(22(25)13-18)27-15-17-4-9-21(24)10-5-17/h2-13H,15H2,1H3/b20-12-. The van der Waals surface area contributed by atoms with Gasteiger partial charge in [-0.2, -0.15) is 5.26 Å². The largest absolute Gasteiger partial charge is 0.488 e. The van der Waals surface area contributed by atoms with Crippen molar-refractivity contribution < 1.29 is 9.13 Å². The number of hydrogen-bond acceptors (Lipinski definition) is 2. The summed E-state index contributed by atoms with van der Waals surface area (Å²) in [5.41, 5.74) is 4.52. The predicted molar refractivity (Wildman–Crippen MR) is 115 cm³/mol. The van der Waals surface area contributed by atoms with E-state index in [0.717, 1.165) is 31.6 Å². The molecule has 134 valence electrons. The van der Waals surface area contributed by atoms with Crippen molar-refractivity contribution in [3.8, 4) is 11.8 Å². The molecule has 0 bridgehead atoms. The van der Waals surface area contributed by atoms with E-state index in [1.54, 1.807) is 12.1 Å². The summed E-state index contributed by atoms with van der Waals surface area (Å²) < 4.78 is 19.7. The van der Waals surface area contributed by atoms with Crippen LogP contribution < -0.4 is 4.74 Å². The Balaban J connectivity index is 1.76. The van der Waals surface area contributed by atoms with Gasteiger partial charge in [-0.1, -0.05) is 48.0 Å². The first-order valence-corrected chi connectivity index (χ1v) is 9.48. The molecule has 4 heteroatoms. The molecule has 0 N–H and O–H groups in total. The number of allylic oxidation sites excluding steroid dienone is 1. The molecule has 0 aromatic heterocycles. The average Bonchev–Trinajstić information content (AvgIpc) is 2.67. The van der Waals surface area contributed by atoms with Gasteiger partial charge in [0.2, 0.25) is 0 Å². The third-order valence-electron chi connectivity index (χ3n) is 4.06. The van der Waals surface area contributed by atoms with Crippen LogP contribution in [0.25, 0.3) is 11.6 Å². The van der Waals surface area contributed by atoms with E-state index in [4.69, 9.17) is 4.74 Å². The lowest BCUT2D eigenvalue weighted by Crippen LogP contribution is -1.97. The van der Waals surface area contributed by atoms with Crippen molar-refractivity contribution in [2.45, 2.75) is 13.5 Å². The maximum Gasteiger partial charge on any atom is 0.133 e. The van der Waals surface area contributed by atoms with Gasteiger partial charge in [0.15, 0.2) is 0 Å². The van der Waals surface area contributed by atoms with Crippen LogP contribution in [0.1, 0.15) is 22.3 Å². The molecular weight excluding hydrogens is 452 g/mol. The molecule has 0 radical (unpaired) electrons. The van der Waals surface area contributed by atoms with Crippen LogP contribution in [-0.2, 0) is 6.61 Å². The van der Waals surface area contributed by atoms with Gasteiger partial charge in [-0.25, -0.2) is 4.39 Å². The van der Waals surface area contributed by atoms with Gasteiger partial charge >= 0.3 is 0 Å². The number of nitrogens with zero attached hydrogens (tertiary/aromatic N) is 1. The van der Waals surface area contributed by atoms with E-state index in [1.807, 2.05) is 55.5 Å². The van der Waals surface area contributed by atoms with Crippen molar-refractivity contribution in [3.63, 3.8) is 0 Å². The van der Waals surface area contributed by atoms with Gasteiger partial charge in [-0.3, -0.25) is 0 Å². The van der Waals surface area contributed by atoms with Gasteiger partial charge in [0.05, 0.1) is 15.2 Å². The summed E-state index contributed by atoms with van der Waals surface area (Å²) in [4.78, 5) is 0. The van der Waals surface area contributed by atoms with Crippen LogP contribution >= 0.6 is 22.6 Å². The Morgan fingerprint density at radius 1 is 1.07 bits per heavy atom. The number of nitriles is 1. The molecule has 3 aromatic rings. The second kappa shape index (κ2) is 8.83. The lowest BCUT2D eigenvalue weighted by Gasteiger charge is -2.09. The number of rotatable bonds is 5. The first-order valence-electron chi connectivity index (χ1n) is 8.41. The van der Waals surface area contributed by atoms with E-state index < -0.39 is 0 Å². The second-order valence-corrected chi connectivity index (χ2v) is 7.30. The third kappa shape index (κ3) is 5.18. The maximum atomic E-state index is 13.0. The van der Waals surface area contributed by atoms with Crippen molar-refractivity contribution in [2.24, 2.45) is 0 Å². The van der Waals surface area contributed by atoms with Crippen LogP contribution in [-0.4, -0.2) is 0 Å². The van der Waals surface area contributed by atoms with Crippen LogP contribution in [0.3, 0.4) is 0 Å². The Bertz CT molecular complexity index is 1000. The number of ether oxygens (including phenoxy) is 1. The third-order valence-corrected chi connectivity index (χ3v) is 4.90. The highest BCUT2D eigenvalue weighted by atomic mass is 127. The maximum absolute atomic E-state index is 13.0. The molecule has 0 fully saturated rings. The molecule has 0 saturated heterocycles. The fourth-order valence-electron chi connectivity index (χ4n) is 2.55. The summed E-state index contributed by atoms with van der Waals surface area (Å²) in [5, 5.41) is 9.49. The average molecular weight is 469 g/mol. The van der Waals surface area contributed by atoms with E-state index in [2.05, 4.69) is 28.7 Å². The summed E-state index contributed by atoms with van der Waals surface area (Å²) in [5.74, 6) is 0.497. The highest BCUT2D eigenvalue weighted by Crippen LogP contribution is 2.26. The zero-order chi connectivity index (χ0) is 19.2. The molecule has 0 saturated carbocycles. The Labute approximate surface area is 172 Å². The first-order chi connectivity index (χ1) is 13.0. The highest BCUT2D eigenvalue weighted by molar-refractivity contribution is 14.1. The van der Waals surface area contributed by atoms with Crippen molar-refractivity contribution in [1.82, 2.24) is 0 Å². The summed E-state index contributed by atoms with van der Waals surface area (Å²) >= 11 is 2.21. The lowest BCUT2D eigenvalue weighted by atomic mass is 10.0. The summed E-state index contributed by atoms with van der Waals surface area (Å²) in [6.45, 7) is 2.39. The molecule has 27 heavy (non-hydrogen) atoms. The van der Waals surface area contributed by atoms with Gasteiger partial charge in [-0.05, 0) is 76.5 Å². The molecule has 0 atom stereocenters. The molecule has 0 spiro atoms. The van der Waals surface area contributed by atoms with E-state index in [-0.39, 0.29) is 5.82 Å². The molecular formula is C23H17FINO. The minimum Gasteiger partial charge on any atom is -0.488 e. The topological polar surface area (TPSA) is 33.0 Å². The molecule has 0 unspecified atom stereocenters. The van der Waals surface area contributed by atoms with Gasteiger partial charge in [0.25, 0.3) is 0 Å². The zero-order valence-corrected chi connectivity index (χ0v) is 16.9. The Kier molecular flexibility index (Phi) is 6.25. The molecule has 0 heterocycles. The van der Waals surface area contributed by atoms with Crippen LogP contribution in [0.2, 0.25) is 0 Å². The summed E-state index contributed by atoms with van der Waals surface area (Å²) in [6, 6.07) is 22.2. The fourth-order valence-corrected chi connectivity index (χ4v) is 3.24. The molecule has 3 rings (SSSR count). The van der Waals surface area contributed by atoms with Gasteiger partial charge in [0, 0.05) is 0 Å². The minimum atomic E-state index is -0.258. The number of hydrogen-bond donors (Lipinski definition) is 0. The highest BCUT2D eigenvalue weighted by Gasteiger charge is 2.05. The van der Waals surface area contributed by atoms with Crippen molar-refractivity contribution in [2.75, 3.05) is 0 Å². The van der Waals surface area contributed by atoms with E-state index >= 15 is 0 Å². The molecule has 0 aliphatic rings. The van der Waals surface area contributed by atoms with Crippen LogP contribution in [0.5, 0.6) is 5.75 Å². The first kappa shape index (κ1) is 19.1.